The van der Waals surface area contributed by atoms with Gasteiger partial charge in [0, 0.05) is 25.2 Å². The minimum absolute atomic E-state index is 0.158. The molecule has 1 atom stereocenters. The quantitative estimate of drug-likeness (QED) is 0.890. The molecule has 1 amide bonds. The van der Waals surface area contributed by atoms with E-state index in [1.807, 2.05) is 29.5 Å². The third-order valence-electron chi connectivity index (χ3n) is 3.87. The number of rotatable bonds is 5. The van der Waals surface area contributed by atoms with Gasteiger partial charge in [-0.05, 0) is 31.2 Å². The van der Waals surface area contributed by atoms with Crippen LogP contribution >= 0.6 is 11.3 Å². The summed E-state index contributed by atoms with van der Waals surface area (Å²) in [5, 5.41) is 12.5. The van der Waals surface area contributed by atoms with Gasteiger partial charge in [-0.3, -0.25) is 9.89 Å². The van der Waals surface area contributed by atoms with Crippen LogP contribution in [0, 0.1) is 0 Å². The second-order valence-electron chi connectivity index (χ2n) is 5.38. The minimum atomic E-state index is -0.158. The summed E-state index contributed by atoms with van der Waals surface area (Å²) in [4.78, 5) is 15.4. The van der Waals surface area contributed by atoms with E-state index < -0.39 is 0 Å². The summed E-state index contributed by atoms with van der Waals surface area (Å²) in [6.07, 6.45) is 4.08. The number of aromatic nitrogens is 2. The normalized spacial score (nSPS) is 16.3. The Balaban J connectivity index is 1.60. The lowest BCUT2D eigenvalue weighted by molar-refractivity contribution is -0.131. The van der Waals surface area contributed by atoms with Gasteiger partial charge in [0.05, 0.1) is 22.8 Å². The molecule has 0 aliphatic carbocycles. The molecule has 0 bridgehead atoms. The SMILES string of the molecule is CC(NCc1cn[nH]c1-c1cccs1)C(=O)N1CCCC1. The number of hydrogen-bond acceptors (Lipinski definition) is 4. The lowest BCUT2D eigenvalue weighted by Crippen LogP contribution is -2.43. The number of aromatic amines is 1. The molecular weight excluding hydrogens is 284 g/mol. The van der Waals surface area contributed by atoms with Crippen molar-refractivity contribution in [3.8, 4) is 10.6 Å². The molecule has 1 saturated heterocycles. The van der Waals surface area contributed by atoms with Crippen molar-refractivity contribution in [2.24, 2.45) is 0 Å². The fourth-order valence-electron chi connectivity index (χ4n) is 2.64. The van der Waals surface area contributed by atoms with E-state index in [1.165, 1.54) is 4.88 Å². The Kier molecular flexibility index (Phi) is 4.36. The third-order valence-corrected chi connectivity index (χ3v) is 4.76. The number of carbonyl (C=O) groups excluding carboxylic acids is 1. The van der Waals surface area contributed by atoms with Crippen LogP contribution in [0.15, 0.2) is 23.7 Å². The van der Waals surface area contributed by atoms with Crippen molar-refractivity contribution in [2.45, 2.75) is 32.4 Å². The van der Waals surface area contributed by atoms with Crippen molar-refractivity contribution in [3.05, 3.63) is 29.3 Å². The molecular formula is C15H20N4OS. The highest BCUT2D eigenvalue weighted by Gasteiger charge is 2.23. The standard InChI is InChI=1S/C15H20N4OS/c1-11(15(20)19-6-2-3-7-19)16-9-12-10-17-18-14(12)13-5-4-8-21-13/h4-5,8,10-11,16H,2-3,6-7,9H2,1H3,(H,17,18). The van der Waals surface area contributed by atoms with Gasteiger partial charge < -0.3 is 10.2 Å². The maximum Gasteiger partial charge on any atom is 0.239 e. The van der Waals surface area contributed by atoms with Gasteiger partial charge in [0.25, 0.3) is 0 Å². The molecule has 1 fully saturated rings. The number of amides is 1. The smallest absolute Gasteiger partial charge is 0.239 e. The average molecular weight is 304 g/mol. The van der Waals surface area contributed by atoms with Gasteiger partial charge in [-0.1, -0.05) is 6.07 Å². The molecule has 112 valence electrons. The van der Waals surface area contributed by atoms with Crippen LogP contribution in [0.1, 0.15) is 25.3 Å². The molecule has 1 aliphatic rings. The van der Waals surface area contributed by atoms with E-state index in [9.17, 15) is 4.79 Å². The van der Waals surface area contributed by atoms with Crippen LogP contribution in [0.3, 0.4) is 0 Å². The van der Waals surface area contributed by atoms with Crippen LogP contribution in [0.25, 0.3) is 10.6 Å². The van der Waals surface area contributed by atoms with Crippen molar-refractivity contribution < 1.29 is 4.79 Å². The Labute approximate surface area is 128 Å². The number of carbonyl (C=O) groups is 1. The summed E-state index contributed by atoms with van der Waals surface area (Å²) in [5.74, 6) is 0.202. The van der Waals surface area contributed by atoms with E-state index in [0.29, 0.717) is 6.54 Å². The summed E-state index contributed by atoms with van der Waals surface area (Å²) in [7, 11) is 0. The second kappa shape index (κ2) is 6.41. The first-order chi connectivity index (χ1) is 10.3. The fraction of sp³-hybridized carbons (Fsp3) is 0.467. The summed E-state index contributed by atoms with van der Waals surface area (Å²) in [5.41, 5.74) is 2.14. The Morgan fingerprint density at radius 3 is 3.05 bits per heavy atom. The molecule has 21 heavy (non-hydrogen) atoms. The molecule has 0 saturated carbocycles. The maximum atomic E-state index is 12.3. The molecule has 2 N–H and O–H groups in total. The van der Waals surface area contributed by atoms with Gasteiger partial charge >= 0.3 is 0 Å². The highest BCUT2D eigenvalue weighted by molar-refractivity contribution is 7.13. The van der Waals surface area contributed by atoms with E-state index in [-0.39, 0.29) is 11.9 Å². The lowest BCUT2D eigenvalue weighted by atomic mass is 10.2. The first-order valence-electron chi connectivity index (χ1n) is 7.34. The molecule has 0 radical (unpaired) electrons. The molecule has 1 aliphatic heterocycles. The number of nitrogens with one attached hydrogen (secondary N) is 2. The topological polar surface area (TPSA) is 61.0 Å². The van der Waals surface area contributed by atoms with Crippen LogP contribution < -0.4 is 5.32 Å². The Bertz CT molecular complexity index is 587. The van der Waals surface area contributed by atoms with Gasteiger partial charge in [-0.2, -0.15) is 5.10 Å². The first-order valence-corrected chi connectivity index (χ1v) is 8.22. The van der Waals surface area contributed by atoms with Gasteiger partial charge in [0.15, 0.2) is 0 Å². The van der Waals surface area contributed by atoms with Crippen molar-refractivity contribution >= 4 is 17.2 Å². The van der Waals surface area contributed by atoms with Crippen molar-refractivity contribution in [1.29, 1.82) is 0 Å². The number of nitrogens with zero attached hydrogens (tertiary/aromatic N) is 2. The van der Waals surface area contributed by atoms with Crippen LogP contribution in [0.4, 0.5) is 0 Å². The van der Waals surface area contributed by atoms with Crippen LogP contribution in [-0.4, -0.2) is 40.1 Å². The van der Waals surface area contributed by atoms with Crippen LogP contribution in [-0.2, 0) is 11.3 Å². The Morgan fingerprint density at radius 2 is 2.33 bits per heavy atom. The summed E-state index contributed by atoms with van der Waals surface area (Å²) in [6, 6.07) is 3.94. The molecule has 2 aromatic heterocycles. The molecule has 0 aromatic carbocycles. The first kappa shape index (κ1) is 14.3. The summed E-state index contributed by atoms with van der Waals surface area (Å²) in [6.45, 7) is 4.38. The fourth-order valence-corrected chi connectivity index (χ4v) is 3.40. The van der Waals surface area contributed by atoms with E-state index >= 15 is 0 Å². The second-order valence-corrected chi connectivity index (χ2v) is 6.33. The summed E-state index contributed by atoms with van der Waals surface area (Å²) < 4.78 is 0. The Hall–Kier alpha value is -1.66. The minimum Gasteiger partial charge on any atom is -0.341 e. The van der Waals surface area contributed by atoms with Gasteiger partial charge in [-0.25, -0.2) is 0 Å². The largest absolute Gasteiger partial charge is 0.341 e. The average Bonchev–Trinajstić information content (AvgIpc) is 3.25. The number of hydrogen-bond donors (Lipinski definition) is 2. The van der Waals surface area contributed by atoms with Crippen LogP contribution in [0.2, 0.25) is 0 Å². The Morgan fingerprint density at radius 1 is 1.52 bits per heavy atom. The highest BCUT2D eigenvalue weighted by Crippen LogP contribution is 2.25. The predicted octanol–water partition coefficient (Wildman–Crippen LogP) is 2.24. The highest BCUT2D eigenvalue weighted by atomic mass is 32.1. The zero-order valence-electron chi connectivity index (χ0n) is 12.1. The molecule has 5 nitrogen and oxygen atoms in total. The van der Waals surface area contributed by atoms with E-state index in [2.05, 4.69) is 21.6 Å². The molecule has 6 heteroatoms. The maximum absolute atomic E-state index is 12.3. The van der Waals surface area contributed by atoms with E-state index in [0.717, 1.165) is 37.2 Å². The third kappa shape index (κ3) is 3.16. The molecule has 3 rings (SSSR count). The van der Waals surface area contributed by atoms with Gasteiger partial charge in [0.2, 0.25) is 5.91 Å². The predicted molar refractivity (Wildman–Crippen MR) is 84.0 cm³/mol. The molecule has 0 spiro atoms. The zero-order chi connectivity index (χ0) is 14.7. The number of thiophene rings is 1. The van der Waals surface area contributed by atoms with Crippen LogP contribution in [0.5, 0.6) is 0 Å². The lowest BCUT2D eigenvalue weighted by Gasteiger charge is -2.21. The van der Waals surface area contributed by atoms with Crippen molar-refractivity contribution in [1.82, 2.24) is 20.4 Å². The van der Waals surface area contributed by atoms with Gasteiger partial charge in [-0.15, -0.1) is 11.3 Å². The molecule has 1 unspecified atom stereocenters. The number of H-pyrrole nitrogens is 1. The van der Waals surface area contributed by atoms with E-state index in [4.69, 9.17) is 0 Å². The molecule has 2 aromatic rings. The van der Waals surface area contributed by atoms with E-state index in [1.54, 1.807) is 11.3 Å². The van der Waals surface area contributed by atoms with Crippen molar-refractivity contribution in [2.75, 3.05) is 13.1 Å². The monoisotopic (exact) mass is 304 g/mol. The number of likely N-dealkylation sites (tertiary alicyclic amines) is 1. The van der Waals surface area contributed by atoms with Gasteiger partial charge in [0.1, 0.15) is 0 Å². The molecule has 3 heterocycles. The van der Waals surface area contributed by atoms with Crippen molar-refractivity contribution in [3.63, 3.8) is 0 Å². The summed E-state index contributed by atoms with van der Waals surface area (Å²) >= 11 is 1.68. The zero-order valence-corrected chi connectivity index (χ0v) is 12.9.